The number of rotatable bonds is 7. The van der Waals surface area contributed by atoms with Gasteiger partial charge in [-0.15, -0.1) is 0 Å². The minimum atomic E-state index is -0.0401. The van der Waals surface area contributed by atoms with Crippen LogP contribution in [0, 0.1) is 6.92 Å². The van der Waals surface area contributed by atoms with Crippen LogP contribution in [0.2, 0.25) is 0 Å². The molecule has 21 heavy (non-hydrogen) atoms. The van der Waals surface area contributed by atoms with E-state index in [9.17, 15) is 4.79 Å². The molecule has 0 radical (unpaired) electrons. The fraction of sp³-hybridized carbons (Fsp3) is 0.375. The second-order valence-electron chi connectivity index (χ2n) is 4.98. The Bertz CT molecular complexity index is 578. The quantitative estimate of drug-likeness (QED) is 0.822. The monoisotopic (exact) mass is 286 g/mol. The number of aryl methyl sites for hydroxylation is 1. The van der Waals surface area contributed by atoms with Crippen molar-refractivity contribution in [3.63, 3.8) is 0 Å². The van der Waals surface area contributed by atoms with Gasteiger partial charge in [-0.25, -0.2) is 0 Å². The van der Waals surface area contributed by atoms with Crippen LogP contribution in [0.3, 0.4) is 0 Å². The van der Waals surface area contributed by atoms with Crippen LogP contribution in [0.4, 0.5) is 5.69 Å². The summed E-state index contributed by atoms with van der Waals surface area (Å²) in [5.41, 5.74) is 2.76. The van der Waals surface area contributed by atoms with Gasteiger partial charge in [0.2, 0.25) is 0 Å². The molecule has 2 N–H and O–H groups in total. The number of nitrogens with one attached hydrogen (secondary N) is 2. The molecule has 0 saturated heterocycles. The smallest absolute Gasteiger partial charge is 0.251 e. The number of carbonyl (C=O) groups is 1. The van der Waals surface area contributed by atoms with Crippen molar-refractivity contribution >= 4 is 11.6 Å². The minimum Gasteiger partial charge on any atom is -0.385 e. The molecule has 5 heteroatoms. The Kier molecular flexibility index (Phi) is 5.37. The van der Waals surface area contributed by atoms with Gasteiger partial charge in [0.1, 0.15) is 0 Å². The van der Waals surface area contributed by atoms with Crippen LogP contribution in [0.25, 0.3) is 0 Å². The van der Waals surface area contributed by atoms with E-state index in [0.29, 0.717) is 13.1 Å². The normalized spacial score (nSPS) is 10.4. The molecule has 0 aliphatic carbocycles. The number of benzene rings is 1. The topological polar surface area (TPSA) is 59.0 Å². The van der Waals surface area contributed by atoms with Gasteiger partial charge in [0.15, 0.2) is 0 Å². The minimum absolute atomic E-state index is 0.0401. The summed E-state index contributed by atoms with van der Waals surface area (Å²) in [5.74, 6) is -0.0401. The molecule has 5 nitrogen and oxygen atoms in total. The van der Waals surface area contributed by atoms with Gasteiger partial charge in [-0.3, -0.25) is 9.48 Å². The fourth-order valence-corrected chi connectivity index (χ4v) is 2.11. The highest BCUT2D eigenvalue weighted by molar-refractivity contribution is 5.96. The third-order valence-corrected chi connectivity index (χ3v) is 3.24. The summed E-state index contributed by atoms with van der Waals surface area (Å²) in [6.45, 7) is 6.26. The average Bonchev–Trinajstić information content (AvgIpc) is 2.98. The van der Waals surface area contributed by atoms with Gasteiger partial charge in [0.05, 0.1) is 6.54 Å². The number of amides is 1. The molecular formula is C16H22N4O. The lowest BCUT2D eigenvalue weighted by Gasteiger charge is -2.10. The van der Waals surface area contributed by atoms with E-state index in [1.165, 1.54) is 0 Å². The van der Waals surface area contributed by atoms with Crippen molar-refractivity contribution in [3.8, 4) is 0 Å². The maximum absolute atomic E-state index is 12.2. The largest absolute Gasteiger partial charge is 0.385 e. The molecule has 0 fully saturated rings. The molecule has 0 atom stereocenters. The predicted octanol–water partition coefficient (Wildman–Crippen LogP) is 2.44. The highest BCUT2D eigenvalue weighted by Crippen LogP contribution is 2.15. The lowest BCUT2D eigenvalue weighted by atomic mass is 10.1. The molecule has 1 heterocycles. The number of anilines is 1. The molecule has 1 aromatic heterocycles. The van der Waals surface area contributed by atoms with Gasteiger partial charge in [0.25, 0.3) is 5.91 Å². The van der Waals surface area contributed by atoms with Crippen LogP contribution < -0.4 is 10.6 Å². The molecule has 0 aliphatic rings. The van der Waals surface area contributed by atoms with Crippen molar-refractivity contribution < 1.29 is 4.79 Å². The zero-order valence-corrected chi connectivity index (χ0v) is 12.6. The molecule has 0 spiro atoms. The van der Waals surface area contributed by atoms with Crippen LogP contribution in [-0.4, -0.2) is 28.8 Å². The summed E-state index contributed by atoms with van der Waals surface area (Å²) < 4.78 is 1.80. The molecule has 0 unspecified atom stereocenters. The lowest BCUT2D eigenvalue weighted by molar-refractivity contribution is 0.0951. The Morgan fingerprint density at radius 1 is 1.33 bits per heavy atom. The highest BCUT2D eigenvalue weighted by atomic mass is 16.1. The SMILES string of the molecule is CCCNc1ccc(C(=O)NCCn2cccn2)c(C)c1. The molecule has 1 aromatic carbocycles. The van der Waals surface area contributed by atoms with E-state index in [-0.39, 0.29) is 5.91 Å². The van der Waals surface area contributed by atoms with Crippen molar-refractivity contribution in [3.05, 3.63) is 47.8 Å². The van der Waals surface area contributed by atoms with Gasteiger partial charge in [-0.05, 0) is 43.2 Å². The first kappa shape index (κ1) is 15.1. The molecule has 112 valence electrons. The van der Waals surface area contributed by atoms with Crippen molar-refractivity contribution in [2.24, 2.45) is 0 Å². The van der Waals surface area contributed by atoms with E-state index in [1.807, 2.05) is 37.4 Å². The maximum Gasteiger partial charge on any atom is 0.251 e. The second-order valence-corrected chi connectivity index (χ2v) is 4.98. The second kappa shape index (κ2) is 7.47. The summed E-state index contributed by atoms with van der Waals surface area (Å²) in [6.07, 6.45) is 4.69. The van der Waals surface area contributed by atoms with Crippen LogP contribution in [0.5, 0.6) is 0 Å². The van der Waals surface area contributed by atoms with Crippen LogP contribution >= 0.6 is 0 Å². The summed E-state index contributed by atoms with van der Waals surface area (Å²) in [6, 6.07) is 7.70. The Morgan fingerprint density at radius 3 is 2.86 bits per heavy atom. The Hall–Kier alpha value is -2.30. The van der Waals surface area contributed by atoms with E-state index in [0.717, 1.165) is 29.8 Å². The number of carbonyl (C=O) groups excluding carboxylic acids is 1. The maximum atomic E-state index is 12.2. The molecule has 0 aliphatic heterocycles. The molecule has 1 amide bonds. The average molecular weight is 286 g/mol. The van der Waals surface area contributed by atoms with Crippen molar-refractivity contribution in [1.82, 2.24) is 15.1 Å². The Labute approximate surface area is 125 Å². The summed E-state index contributed by atoms with van der Waals surface area (Å²) >= 11 is 0. The first-order chi connectivity index (χ1) is 10.2. The first-order valence-corrected chi connectivity index (χ1v) is 7.31. The molecule has 0 bridgehead atoms. The van der Waals surface area contributed by atoms with Crippen molar-refractivity contribution in [2.45, 2.75) is 26.8 Å². The van der Waals surface area contributed by atoms with Gasteiger partial charge in [-0.1, -0.05) is 6.92 Å². The Balaban J connectivity index is 1.89. The Morgan fingerprint density at radius 2 is 2.19 bits per heavy atom. The standard InChI is InChI=1S/C16H22N4O/c1-3-7-17-14-5-6-15(13(2)12-14)16(21)18-9-11-20-10-4-8-19-20/h4-6,8,10,12,17H,3,7,9,11H2,1-2H3,(H,18,21). The van der Waals surface area contributed by atoms with Gasteiger partial charge < -0.3 is 10.6 Å². The van der Waals surface area contributed by atoms with Crippen molar-refractivity contribution in [1.29, 1.82) is 0 Å². The van der Waals surface area contributed by atoms with Gasteiger partial charge in [0, 0.05) is 36.7 Å². The van der Waals surface area contributed by atoms with E-state index < -0.39 is 0 Å². The van der Waals surface area contributed by atoms with E-state index in [2.05, 4.69) is 22.7 Å². The van der Waals surface area contributed by atoms with E-state index in [4.69, 9.17) is 0 Å². The van der Waals surface area contributed by atoms with Gasteiger partial charge >= 0.3 is 0 Å². The number of nitrogens with zero attached hydrogens (tertiary/aromatic N) is 2. The number of hydrogen-bond acceptors (Lipinski definition) is 3. The zero-order chi connectivity index (χ0) is 15.1. The number of aromatic nitrogens is 2. The summed E-state index contributed by atoms with van der Waals surface area (Å²) in [4.78, 5) is 12.2. The summed E-state index contributed by atoms with van der Waals surface area (Å²) in [7, 11) is 0. The fourth-order valence-electron chi connectivity index (χ4n) is 2.11. The zero-order valence-electron chi connectivity index (χ0n) is 12.6. The molecular weight excluding hydrogens is 264 g/mol. The summed E-state index contributed by atoms with van der Waals surface area (Å²) in [5, 5.41) is 10.3. The van der Waals surface area contributed by atoms with Crippen LogP contribution in [0.15, 0.2) is 36.7 Å². The molecule has 2 rings (SSSR count). The van der Waals surface area contributed by atoms with E-state index in [1.54, 1.807) is 10.9 Å². The van der Waals surface area contributed by atoms with Crippen LogP contribution in [-0.2, 0) is 6.54 Å². The van der Waals surface area contributed by atoms with E-state index >= 15 is 0 Å². The third-order valence-electron chi connectivity index (χ3n) is 3.24. The molecule has 0 saturated carbocycles. The first-order valence-electron chi connectivity index (χ1n) is 7.31. The lowest BCUT2D eigenvalue weighted by Crippen LogP contribution is -2.28. The molecule has 2 aromatic rings. The predicted molar refractivity (Wildman–Crippen MR) is 84.5 cm³/mol. The third kappa shape index (κ3) is 4.34. The number of hydrogen-bond donors (Lipinski definition) is 2. The van der Waals surface area contributed by atoms with Crippen molar-refractivity contribution in [2.75, 3.05) is 18.4 Å². The highest BCUT2D eigenvalue weighted by Gasteiger charge is 2.08. The van der Waals surface area contributed by atoms with Crippen LogP contribution in [0.1, 0.15) is 29.3 Å². The van der Waals surface area contributed by atoms with Gasteiger partial charge in [-0.2, -0.15) is 5.10 Å².